The Labute approximate surface area is 106 Å². The molecular formula is C13H28N2O2. The van der Waals surface area contributed by atoms with Crippen LogP contribution in [0.5, 0.6) is 0 Å². The third-order valence-corrected chi connectivity index (χ3v) is 3.17. The highest BCUT2D eigenvalue weighted by molar-refractivity contribution is 5.81. The summed E-state index contributed by atoms with van der Waals surface area (Å²) in [4.78, 5) is 16.1. The highest BCUT2D eigenvalue weighted by Crippen LogP contribution is 2.06. The molecule has 0 fully saturated rings. The number of rotatable bonds is 9. The molecule has 102 valence electrons. The molecule has 0 aliphatic heterocycles. The molecule has 0 heterocycles. The fourth-order valence-electron chi connectivity index (χ4n) is 1.94. The number of hydrogen-bond acceptors (Lipinski definition) is 3. The van der Waals surface area contributed by atoms with E-state index in [9.17, 15) is 4.79 Å². The molecule has 0 bridgehead atoms. The van der Waals surface area contributed by atoms with E-state index in [4.69, 9.17) is 5.11 Å². The maximum atomic E-state index is 12.2. The van der Waals surface area contributed by atoms with E-state index in [1.165, 1.54) is 0 Å². The SMILES string of the molecule is CCCCN(CCO)C(C)C(=O)N(CC)CC. The summed E-state index contributed by atoms with van der Waals surface area (Å²) in [6.07, 6.45) is 2.17. The minimum Gasteiger partial charge on any atom is -0.395 e. The average molecular weight is 244 g/mol. The summed E-state index contributed by atoms with van der Waals surface area (Å²) in [7, 11) is 0. The third-order valence-electron chi connectivity index (χ3n) is 3.17. The number of hydrogen-bond donors (Lipinski definition) is 1. The van der Waals surface area contributed by atoms with Crippen molar-refractivity contribution < 1.29 is 9.90 Å². The van der Waals surface area contributed by atoms with E-state index in [1.807, 2.05) is 25.7 Å². The van der Waals surface area contributed by atoms with Crippen LogP contribution in [0.1, 0.15) is 40.5 Å². The van der Waals surface area contributed by atoms with Crippen LogP contribution in [0.4, 0.5) is 0 Å². The first kappa shape index (κ1) is 16.4. The van der Waals surface area contributed by atoms with Gasteiger partial charge in [-0.25, -0.2) is 0 Å². The van der Waals surface area contributed by atoms with E-state index in [0.29, 0.717) is 6.54 Å². The number of nitrogens with zero attached hydrogens (tertiary/aromatic N) is 2. The van der Waals surface area contributed by atoms with Gasteiger partial charge in [0.25, 0.3) is 0 Å². The number of unbranched alkanes of at least 4 members (excludes halogenated alkanes) is 1. The second-order valence-electron chi connectivity index (χ2n) is 4.30. The van der Waals surface area contributed by atoms with Crippen molar-refractivity contribution in [3.05, 3.63) is 0 Å². The fourth-order valence-corrected chi connectivity index (χ4v) is 1.94. The van der Waals surface area contributed by atoms with Gasteiger partial charge in [-0.3, -0.25) is 9.69 Å². The quantitative estimate of drug-likeness (QED) is 0.665. The smallest absolute Gasteiger partial charge is 0.239 e. The Hall–Kier alpha value is -0.610. The first-order valence-electron chi connectivity index (χ1n) is 6.75. The minimum absolute atomic E-state index is 0.111. The van der Waals surface area contributed by atoms with Crippen LogP contribution in [0.2, 0.25) is 0 Å². The van der Waals surface area contributed by atoms with Gasteiger partial charge in [0.2, 0.25) is 5.91 Å². The topological polar surface area (TPSA) is 43.8 Å². The molecule has 0 aromatic rings. The van der Waals surface area contributed by atoms with Gasteiger partial charge < -0.3 is 10.0 Å². The van der Waals surface area contributed by atoms with Gasteiger partial charge in [0.05, 0.1) is 12.6 Å². The van der Waals surface area contributed by atoms with Gasteiger partial charge >= 0.3 is 0 Å². The zero-order valence-corrected chi connectivity index (χ0v) is 11.8. The fraction of sp³-hybridized carbons (Fsp3) is 0.923. The van der Waals surface area contributed by atoms with Crippen molar-refractivity contribution in [3.8, 4) is 0 Å². The summed E-state index contributed by atoms with van der Waals surface area (Å²) in [6, 6.07) is -0.131. The molecule has 0 aromatic carbocycles. The molecule has 1 unspecified atom stereocenters. The molecular weight excluding hydrogens is 216 g/mol. The molecule has 4 nitrogen and oxygen atoms in total. The third kappa shape index (κ3) is 5.50. The van der Waals surface area contributed by atoms with Crippen LogP contribution in [-0.4, -0.2) is 59.6 Å². The zero-order chi connectivity index (χ0) is 13.3. The monoisotopic (exact) mass is 244 g/mol. The van der Waals surface area contributed by atoms with Crippen LogP contribution < -0.4 is 0 Å². The number of aliphatic hydroxyl groups is 1. The lowest BCUT2D eigenvalue weighted by atomic mass is 10.2. The molecule has 1 N–H and O–H groups in total. The van der Waals surface area contributed by atoms with Crippen LogP contribution >= 0.6 is 0 Å². The van der Waals surface area contributed by atoms with E-state index >= 15 is 0 Å². The van der Waals surface area contributed by atoms with Crippen LogP contribution in [0.25, 0.3) is 0 Å². The summed E-state index contributed by atoms with van der Waals surface area (Å²) in [5.74, 6) is 0.166. The van der Waals surface area contributed by atoms with E-state index < -0.39 is 0 Å². The predicted molar refractivity (Wildman–Crippen MR) is 71.0 cm³/mol. The molecule has 4 heteroatoms. The maximum absolute atomic E-state index is 12.2. The molecule has 1 atom stereocenters. The standard InChI is InChI=1S/C13H28N2O2/c1-5-8-9-15(10-11-16)12(4)13(17)14(6-2)7-3/h12,16H,5-11H2,1-4H3. The number of carbonyl (C=O) groups excluding carboxylic acids is 1. The van der Waals surface area contributed by atoms with Crippen molar-refractivity contribution in [2.24, 2.45) is 0 Å². The Morgan fingerprint density at radius 2 is 1.76 bits per heavy atom. The zero-order valence-electron chi connectivity index (χ0n) is 11.8. The van der Waals surface area contributed by atoms with Gasteiger partial charge in [0.15, 0.2) is 0 Å². The molecule has 0 aromatic heterocycles. The summed E-state index contributed by atoms with van der Waals surface area (Å²) < 4.78 is 0. The summed E-state index contributed by atoms with van der Waals surface area (Å²) in [5.41, 5.74) is 0. The molecule has 0 aliphatic carbocycles. The lowest BCUT2D eigenvalue weighted by molar-refractivity contribution is -0.136. The van der Waals surface area contributed by atoms with Crippen LogP contribution in [-0.2, 0) is 4.79 Å². The number of likely N-dealkylation sites (N-methyl/N-ethyl adjacent to an activating group) is 1. The largest absolute Gasteiger partial charge is 0.395 e. The maximum Gasteiger partial charge on any atom is 0.239 e. The van der Waals surface area contributed by atoms with Crippen molar-refractivity contribution in [3.63, 3.8) is 0 Å². The number of aliphatic hydroxyl groups excluding tert-OH is 1. The van der Waals surface area contributed by atoms with Gasteiger partial charge in [-0.05, 0) is 33.7 Å². The number of amides is 1. The Morgan fingerprint density at radius 1 is 1.18 bits per heavy atom. The van der Waals surface area contributed by atoms with Crippen molar-refractivity contribution >= 4 is 5.91 Å². The highest BCUT2D eigenvalue weighted by atomic mass is 16.3. The van der Waals surface area contributed by atoms with E-state index in [-0.39, 0.29) is 18.6 Å². The van der Waals surface area contributed by atoms with Crippen LogP contribution in [0.15, 0.2) is 0 Å². The van der Waals surface area contributed by atoms with E-state index in [0.717, 1.165) is 32.5 Å². The first-order chi connectivity index (χ1) is 8.12. The second-order valence-corrected chi connectivity index (χ2v) is 4.30. The Balaban J connectivity index is 4.46. The van der Waals surface area contributed by atoms with Gasteiger partial charge in [0.1, 0.15) is 0 Å². The lowest BCUT2D eigenvalue weighted by Crippen LogP contribution is -2.48. The van der Waals surface area contributed by atoms with Crippen molar-refractivity contribution in [2.75, 3.05) is 32.8 Å². The van der Waals surface area contributed by atoms with Gasteiger partial charge in [0, 0.05) is 19.6 Å². The van der Waals surface area contributed by atoms with Gasteiger partial charge in [-0.15, -0.1) is 0 Å². The van der Waals surface area contributed by atoms with E-state index in [1.54, 1.807) is 0 Å². The minimum atomic E-state index is -0.131. The van der Waals surface area contributed by atoms with Crippen LogP contribution in [0.3, 0.4) is 0 Å². The molecule has 0 rings (SSSR count). The van der Waals surface area contributed by atoms with E-state index in [2.05, 4.69) is 11.8 Å². The average Bonchev–Trinajstić information content (AvgIpc) is 2.35. The lowest BCUT2D eigenvalue weighted by Gasteiger charge is -2.31. The van der Waals surface area contributed by atoms with Gasteiger partial charge in [-0.2, -0.15) is 0 Å². The normalized spacial score (nSPS) is 12.8. The van der Waals surface area contributed by atoms with Gasteiger partial charge in [-0.1, -0.05) is 13.3 Å². The molecule has 0 aliphatic rings. The molecule has 0 saturated heterocycles. The Morgan fingerprint density at radius 3 is 2.18 bits per heavy atom. The van der Waals surface area contributed by atoms with Crippen molar-refractivity contribution in [2.45, 2.75) is 46.6 Å². The number of carbonyl (C=O) groups is 1. The molecule has 0 radical (unpaired) electrons. The molecule has 0 saturated carbocycles. The summed E-state index contributed by atoms with van der Waals surface area (Å²) in [6.45, 7) is 11.1. The summed E-state index contributed by atoms with van der Waals surface area (Å²) in [5, 5.41) is 9.05. The molecule has 0 spiro atoms. The second kappa shape index (κ2) is 9.42. The molecule has 17 heavy (non-hydrogen) atoms. The van der Waals surface area contributed by atoms with Crippen molar-refractivity contribution in [1.29, 1.82) is 0 Å². The highest BCUT2D eigenvalue weighted by Gasteiger charge is 2.23. The molecule has 1 amide bonds. The Kier molecular flexibility index (Phi) is 9.09. The summed E-state index contributed by atoms with van der Waals surface area (Å²) >= 11 is 0. The van der Waals surface area contributed by atoms with Crippen molar-refractivity contribution in [1.82, 2.24) is 9.80 Å². The Bertz CT molecular complexity index is 206. The van der Waals surface area contributed by atoms with Crippen LogP contribution in [0, 0.1) is 0 Å². The first-order valence-corrected chi connectivity index (χ1v) is 6.75. The predicted octanol–water partition coefficient (Wildman–Crippen LogP) is 1.34.